The lowest BCUT2D eigenvalue weighted by Gasteiger charge is -2.26. The van der Waals surface area contributed by atoms with Gasteiger partial charge in [-0.1, -0.05) is 31.2 Å². The smallest absolute Gasteiger partial charge is 0.240 e. The largest absolute Gasteiger partial charge is 0.379 e. The van der Waals surface area contributed by atoms with Crippen molar-refractivity contribution >= 4 is 28.1 Å². The fourth-order valence-electron chi connectivity index (χ4n) is 3.30. The highest BCUT2D eigenvalue weighted by Gasteiger charge is 2.25. The summed E-state index contributed by atoms with van der Waals surface area (Å²) in [4.78, 5) is 12.5. The van der Waals surface area contributed by atoms with Crippen molar-refractivity contribution in [3.63, 3.8) is 0 Å². The Morgan fingerprint density at radius 3 is 2.67 bits per heavy atom. The lowest BCUT2D eigenvalue weighted by Crippen LogP contribution is -2.41. The van der Waals surface area contributed by atoms with Crippen LogP contribution in [0.3, 0.4) is 0 Å². The first-order chi connectivity index (χ1) is 14.4. The van der Waals surface area contributed by atoms with Gasteiger partial charge in [-0.25, -0.2) is 8.42 Å². The highest BCUT2D eigenvalue weighted by Crippen LogP contribution is 2.16. The number of nitrogens with zero attached hydrogens (tertiary/aromatic N) is 3. The van der Waals surface area contributed by atoms with Gasteiger partial charge in [-0.3, -0.25) is 14.5 Å². The molecule has 0 unspecified atom stereocenters. The summed E-state index contributed by atoms with van der Waals surface area (Å²) in [5.74, 6) is 0.428. The first-order valence-electron chi connectivity index (χ1n) is 9.94. The molecule has 1 fully saturated rings. The van der Waals surface area contributed by atoms with E-state index >= 15 is 0 Å². The number of aromatic amines is 1. The number of aromatic nitrogens is 3. The Labute approximate surface area is 181 Å². The van der Waals surface area contributed by atoms with Crippen molar-refractivity contribution in [2.24, 2.45) is 0 Å². The normalized spacial score (nSPS) is 15.2. The monoisotopic (exact) mass is 453 g/mol. The zero-order chi connectivity index (χ0) is 21.6. The van der Waals surface area contributed by atoms with Crippen LogP contribution in [-0.2, 0) is 44.8 Å². The summed E-state index contributed by atoms with van der Waals surface area (Å²) in [5.41, 5.74) is 1.45. The Hall–Kier alpha value is -2.08. The van der Waals surface area contributed by atoms with Crippen molar-refractivity contribution in [2.45, 2.75) is 38.6 Å². The maximum absolute atomic E-state index is 12.8. The van der Waals surface area contributed by atoms with E-state index in [9.17, 15) is 13.2 Å². The number of H-pyrrole nitrogens is 1. The number of carbonyl (C=O) groups is 1. The van der Waals surface area contributed by atoms with Crippen molar-refractivity contribution in [1.29, 1.82) is 0 Å². The second kappa shape index (κ2) is 10.3. The quantitative estimate of drug-likeness (QED) is 0.555. The van der Waals surface area contributed by atoms with E-state index in [1.807, 2.05) is 19.1 Å². The Bertz CT molecular complexity index is 1030. The number of nitrogens with one attached hydrogen (secondary N) is 2. The summed E-state index contributed by atoms with van der Waals surface area (Å²) in [6, 6.07) is 7.25. The van der Waals surface area contributed by atoms with Crippen molar-refractivity contribution in [3.8, 4) is 0 Å². The second-order valence-electron chi connectivity index (χ2n) is 7.09. The Kier molecular flexibility index (Phi) is 7.75. The maximum Gasteiger partial charge on any atom is 0.240 e. The molecule has 1 aromatic carbocycles. The van der Waals surface area contributed by atoms with E-state index in [1.165, 1.54) is 4.31 Å². The highest BCUT2D eigenvalue weighted by molar-refractivity contribution is 7.88. The molecule has 11 heteroatoms. The topological polar surface area (TPSA) is 109 Å². The molecule has 0 bridgehead atoms. The van der Waals surface area contributed by atoms with Gasteiger partial charge >= 0.3 is 0 Å². The summed E-state index contributed by atoms with van der Waals surface area (Å²) < 4.78 is 34.3. The standard InChI is InChI=1S/C19H27N5O4S2/c1-2-5-17-21-22-19(29)24(17)13-18(25)20-12-15-6-3-4-7-16(15)14-30(26,27)23-8-10-28-11-9-23/h3-4,6-7H,2,5,8-14H2,1H3,(H,20,25)(H,22,29). The van der Waals surface area contributed by atoms with Gasteiger partial charge in [0.25, 0.3) is 0 Å². The van der Waals surface area contributed by atoms with Crippen LogP contribution in [0.1, 0.15) is 30.3 Å². The fourth-order valence-corrected chi connectivity index (χ4v) is 5.08. The third-order valence-corrected chi connectivity index (χ3v) is 7.05. The first kappa shape index (κ1) is 22.6. The van der Waals surface area contributed by atoms with Crippen LogP contribution < -0.4 is 5.32 Å². The van der Waals surface area contributed by atoms with E-state index in [2.05, 4.69) is 15.5 Å². The van der Waals surface area contributed by atoms with Crippen LogP contribution in [-0.4, -0.2) is 59.7 Å². The molecule has 0 atom stereocenters. The van der Waals surface area contributed by atoms with Crippen LogP contribution >= 0.6 is 12.2 Å². The van der Waals surface area contributed by atoms with Crippen LogP contribution in [0.5, 0.6) is 0 Å². The number of aryl methyl sites for hydroxylation is 1. The molecule has 0 aliphatic carbocycles. The molecule has 30 heavy (non-hydrogen) atoms. The van der Waals surface area contributed by atoms with Crippen LogP contribution in [0, 0.1) is 4.77 Å². The van der Waals surface area contributed by atoms with Crippen molar-refractivity contribution in [1.82, 2.24) is 24.4 Å². The van der Waals surface area contributed by atoms with Crippen molar-refractivity contribution in [2.75, 3.05) is 26.3 Å². The van der Waals surface area contributed by atoms with Crippen molar-refractivity contribution in [3.05, 3.63) is 46.0 Å². The molecule has 1 aromatic heterocycles. The predicted molar refractivity (Wildman–Crippen MR) is 115 cm³/mol. The number of sulfonamides is 1. The van der Waals surface area contributed by atoms with Crippen LogP contribution in [0.2, 0.25) is 0 Å². The van der Waals surface area contributed by atoms with E-state index in [-0.39, 0.29) is 24.7 Å². The molecule has 1 amide bonds. The third-order valence-electron chi connectivity index (χ3n) is 4.91. The lowest BCUT2D eigenvalue weighted by atomic mass is 10.1. The average molecular weight is 454 g/mol. The number of rotatable bonds is 9. The number of amides is 1. The molecule has 3 rings (SSSR count). The van der Waals surface area contributed by atoms with Gasteiger partial charge in [0.05, 0.1) is 19.0 Å². The van der Waals surface area contributed by atoms with Gasteiger partial charge in [0.1, 0.15) is 12.4 Å². The average Bonchev–Trinajstić information content (AvgIpc) is 3.07. The molecule has 2 aromatic rings. The molecule has 1 aliphatic heterocycles. The minimum atomic E-state index is -3.45. The zero-order valence-electron chi connectivity index (χ0n) is 17.0. The molecular weight excluding hydrogens is 426 g/mol. The van der Waals surface area contributed by atoms with Gasteiger partial charge in [0.2, 0.25) is 15.9 Å². The van der Waals surface area contributed by atoms with Gasteiger partial charge in [0, 0.05) is 26.1 Å². The number of hydrogen-bond donors (Lipinski definition) is 2. The Balaban J connectivity index is 1.64. The van der Waals surface area contributed by atoms with E-state index in [0.29, 0.717) is 36.6 Å². The third kappa shape index (κ3) is 5.75. The van der Waals surface area contributed by atoms with Gasteiger partial charge < -0.3 is 10.1 Å². The fraction of sp³-hybridized carbons (Fsp3) is 0.526. The molecule has 2 heterocycles. The van der Waals surface area contributed by atoms with Crippen LogP contribution in [0.4, 0.5) is 0 Å². The SMILES string of the molecule is CCCc1n[nH]c(=S)n1CC(=O)NCc1ccccc1CS(=O)(=O)N1CCOCC1. The number of hydrogen-bond acceptors (Lipinski definition) is 6. The molecule has 0 saturated carbocycles. The predicted octanol–water partition coefficient (Wildman–Crippen LogP) is 1.37. The van der Waals surface area contributed by atoms with E-state index in [4.69, 9.17) is 17.0 Å². The summed E-state index contributed by atoms with van der Waals surface area (Å²) in [6.07, 6.45) is 1.62. The molecular formula is C19H27N5O4S2. The number of benzene rings is 1. The van der Waals surface area contributed by atoms with Crippen molar-refractivity contribution < 1.29 is 17.9 Å². The lowest BCUT2D eigenvalue weighted by molar-refractivity contribution is -0.121. The highest BCUT2D eigenvalue weighted by atomic mass is 32.2. The molecule has 164 valence electrons. The molecule has 0 spiro atoms. The molecule has 2 N–H and O–H groups in total. The Morgan fingerprint density at radius 2 is 1.97 bits per heavy atom. The summed E-state index contributed by atoms with van der Waals surface area (Å²) in [5, 5.41) is 9.75. The molecule has 1 aliphatic rings. The van der Waals surface area contributed by atoms with E-state index in [0.717, 1.165) is 24.2 Å². The first-order valence-corrected chi connectivity index (χ1v) is 12.0. The minimum absolute atomic E-state index is 0.0684. The minimum Gasteiger partial charge on any atom is -0.379 e. The van der Waals surface area contributed by atoms with Gasteiger partial charge in [0.15, 0.2) is 4.77 Å². The van der Waals surface area contributed by atoms with Crippen LogP contribution in [0.15, 0.2) is 24.3 Å². The van der Waals surface area contributed by atoms with Crippen LogP contribution in [0.25, 0.3) is 0 Å². The maximum atomic E-state index is 12.8. The van der Waals surface area contributed by atoms with E-state index < -0.39 is 10.0 Å². The second-order valence-corrected chi connectivity index (χ2v) is 9.45. The summed E-state index contributed by atoms with van der Waals surface area (Å²) in [7, 11) is -3.45. The zero-order valence-corrected chi connectivity index (χ0v) is 18.6. The number of carbonyl (C=O) groups excluding carboxylic acids is 1. The van der Waals surface area contributed by atoms with E-state index in [1.54, 1.807) is 16.7 Å². The molecule has 9 nitrogen and oxygen atoms in total. The number of morpholine rings is 1. The Morgan fingerprint density at radius 1 is 1.27 bits per heavy atom. The van der Waals surface area contributed by atoms with Gasteiger partial charge in [-0.15, -0.1) is 0 Å². The molecule has 1 saturated heterocycles. The molecule has 0 radical (unpaired) electrons. The summed E-state index contributed by atoms with van der Waals surface area (Å²) >= 11 is 5.21. The summed E-state index contributed by atoms with van der Waals surface area (Å²) in [6.45, 7) is 3.89. The number of ether oxygens (including phenoxy) is 1. The van der Waals surface area contributed by atoms with Gasteiger partial charge in [-0.05, 0) is 29.8 Å². The van der Waals surface area contributed by atoms with Gasteiger partial charge in [-0.2, -0.15) is 9.40 Å².